The molecular formula is C18H18N4O4S. The van der Waals surface area contributed by atoms with Gasteiger partial charge in [0.2, 0.25) is 0 Å². The predicted molar refractivity (Wildman–Crippen MR) is 102 cm³/mol. The van der Waals surface area contributed by atoms with Gasteiger partial charge in [-0.25, -0.2) is 13.1 Å². The molecule has 0 bridgehead atoms. The molecule has 0 fully saturated rings. The van der Waals surface area contributed by atoms with Crippen LogP contribution in [0.2, 0.25) is 0 Å². The molecule has 3 rings (SSSR count). The maximum atomic E-state index is 12.9. The number of hydrogen-bond donors (Lipinski definition) is 1. The summed E-state index contributed by atoms with van der Waals surface area (Å²) in [6.45, 7) is 4.87. The number of para-hydroxylation sites is 1. The van der Waals surface area contributed by atoms with Crippen LogP contribution in [-0.2, 0) is 10.0 Å². The maximum absolute atomic E-state index is 12.9. The van der Waals surface area contributed by atoms with Crippen LogP contribution < -0.4 is 4.72 Å². The zero-order valence-corrected chi connectivity index (χ0v) is 15.8. The molecule has 1 heterocycles. The Hall–Kier alpha value is -3.20. The fraction of sp³-hybridized carbons (Fsp3) is 0.167. The summed E-state index contributed by atoms with van der Waals surface area (Å²) in [6, 6.07) is 13.3. The summed E-state index contributed by atoms with van der Waals surface area (Å²) >= 11 is 0. The van der Waals surface area contributed by atoms with Crippen molar-refractivity contribution in [1.82, 2.24) is 9.78 Å². The molecule has 0 atom stereocenters. The van der Waals surface area contributed by atoms with Gasteiger partial charge < -0.3 is 0 Å². The molecular weight excluding hydrogens is 368 g/mol. The first kappa shape index (κ1) is 18.6. The van der Waals surface area contributed by atoms with Gasteiger partial charge in [0.05, 0.1) is 32.6 Å². The van der Waals surface area contributed by atoms with Gasteiger partial charge in [0.1, 0.15) is 0 Å². The van der Waals surface area contributed by atoms with Crippen molar-refractivity contribution < 1.29 is 13.3 Å². The fourth-order valence-corrected chi connectivity index (χ4v) is 4.33. The summed E-state index contributed by atoms with van der Waals surface area (Å²) in [5.74, 6) is 0. The Morgan fingerprint density at radius 3 is 2.33 bits per heavy atom. The molecule has 0 saturated carbocycles. The summed E-state index contributed by atoms with van der Waals surface area (Å²) in [5, 5.41) is 15.5. The second-order valence-electron chi connectivity index (χ2n) is 6.06. The Labute approximate surface area is 156 Å². The Morgan fingerprint density at radius 1 is 1.04 bits per heavy atom. The Bertz CT molecular complexity index is 1120. The van der Waals surface area contributed by atoms with Crippen molar-refractivity contribution in [3.63, 3.8) is 0 Å². The molecule has 0 aliphatic rings. The fourth-order valence-electron chi connectivity index (χ4n) is 2.89. The lowest BCUT2D eigenvalue weighted by Gasteiger charge is -2.11. The van der Waals surface area contributed by atoms with Crippen LogP contribution in [-0.4, -0.2) is 23.1 Å². The molecule has 0 aliphatic carbocycles. The minimum Gasteiger partial charge on any atom is -0.276 e. The number of nitro groups is 1. The maximum Gasteiger partial charge on any atom is 0.273 e. The number of rotatable bonds is 5. The second kappa shape index (κ2) is 6.84. The van der Waals surface area contributed by atoms with Crippen LogP contribution in [0.3, 0.4) is 0 Å². The zero-order valence-electron chi connectivity index (χ0n) is 15.0. The van der Waals surface area contributed by atoms with E-state index in [9.17, 15) is 18.5 Å². The topological polar surface area (TPSA) is 107 Å². The Balaban J connectivity index is 2.05. The number of anilines is 1. The third-order valence-electron chi connectivity index (χ3n) is 4.27. The number of benzene rings is 2. The number of aromatic nitrogens is 2. The lowest BCUT2D eigenvalue weighted by Crippen LogP contribution is -2.16. The molecule has 0 spiro atoms. The molecule has 1 aromatic heterocycles. The van der Waals surface area contributed by atoms with Gasteiger partial charge >= 0.3 is 0 Å². The molecule has 8 nitrogen and oxygen atoms in total. The largest absolute Gasteiger partial charge is 0.276 e. The molecule has 1 N–H and O–H groups in total. The third-order valence-corrected chi connectivity index (χ3v) is 5.76. The van der Waals surface area contributed by atoms with Crippen molar-refractivity contribution >= 4 is 21.4 Å². The van der Waals surface area contributed by atoms with E-state index in [0.717, 1.165) is 5.69 Å². The van der Waals surface area contributed by atoms with Crippen LogP contribution in [0.25, 0.3) is 5.69 Å². The molecule has 140 valence electrons. The van der Waals surface area contributed by atoms with Crippen molar-refractivity contribution in [2.24, 2.45) is 0 Å². The molecule has 3 aromatic rings. The second-order valence-corrected chi connectivity index (χ2v) is 7.71. The molecule has 0 unspecified atom stereocenters. The highest BCUT2D eigenvalue weighted by molar-refractivity contribution is 7.92. The van der Waals surface area contributed by atoms with Crippen LogP contribution >= 0.6 is 0 Å². The highest BCUT2D eigenvalue weighted by Gasteiger charge is 2.25. The van der Waals surface area contributed by atoms with Gasteiger partial charge in [-0.15, -0.1) is 0 Å². The number of nitrogens with zero attached hydrogens (tertiary/aromatic N) is 3. The van der Waals surface area contributed by atoms with Crippen molar-refractivity contribution in [2.75, 3.05) is 4.72 Å². The Kier molecular flexibility index (Phi) is 4.71. The van der Waals surface area contributed by atoms with Gasteiger partial charge in [0.15, 0.2) is 0 Å². The van der Waals surface area contributed by atoms with Gasteiger partial charge in [0.25, 0.3) is 15.7 Å². The van der Waals surface area contributed by atoms with Gasteiger partial charge in [-0.3, -0.25) is 14.8 Å². The van der Waals surface area contributed by atoms with E-state index in [1.54, 1.807) is 18.5 Å². The van der Waals surface area contributed by atoms with E-state index in [4.69, 9.17) is 0 Å². The van der Waals surface area contributed by atoms with Gasteiger partial charge in [-0.2, -0.15) is 5.10 Å². The minimum absolute atomic E-state index is 0.0840. The quantitative estimate of drug-likeness (QED) is 0.533. The number of sulfonamides is 1. The first-order valence-electron chi connectivity index (χ1n) is 8.11. The highest BCUT2D eigenvalue weighted by Crippen LogP contribution is 2.29. The van der Waals surface area contributed by atoms with Crippen LogP contribution in [0, 0.1) is 30.9 Å². The summed E-state index contributed by atoms with van der Waals surface area (Å²) in [4.78, 5) is 10.4. The normalized spacial score (nSPS) is 11.4. The average molecular weight is 386 g/mol. The van der Waals surface area contributed by atoms with Crippen LogP contribution in [0.4, 0.5) is 11.4 Å². The molecule has 0 radical (unpaired) electrons. The van der Waals surface area contributed by atoms with E-state index in [-0.39, 0.29) is 16.1 Å². The molecule has 27 heavy (non-hydrogen) atoms. The number of nitrogens with one attached hydrogen (secondary N) is 1. The molecule has 2 aromatic carbocycles. The average Bonchev–Trinajstić information content (AvgIpc) is 2.90. The summed E-state index contributed by atoms with van der Waals surface area (Å²) in [5.41, 5.74) is 2.11. The van der Waals surface area contributed by atoms with E-state index in [0.29, 0.717) is 17.1 Å². The monoisotopic (exact) mass is 386 g/mol. The van der Waals surface area contributed by atoms with E-state index in [2.05, 4.69) is 9.82 Å². The Morgan fingerprint density at radius 2 is 1.70 bits per heavy atom. The van der Waals surface area contributed by atoms with Crippen molar-refractivity contribution in [3.05, 3.63) is 75.6 Å². The highest BCUT2D eigenvalue weighted by atomic mass is 32.2. The number of aryl methyl sites for hydroxylation is 1. The summed E-state index contributed by atoms with van der Waals surface area (Å²) in [7, 11) is -4.02. The summed E-state index contributed by atoms with van der Waals surface area (Å²) < 4.78 is 29.9. The summed E-state index contributed by atoms with van der Waals surface area (Å²) in [6.07, 6.45) is 0. The van der Waals surface area contributed by atoms with Crippen molar-refractivity contribution in [1.29, 1.82) is 0 Å². The number of hydrogen-bond acceptors (Lipinski definition) is 5. The first-order chi connectivity index (χ1) is 12.7. The first-order valence-corrected chi connectivity index (χ1v) is 9.59. The van der Waals surface area contributed by atoms with E-state index < -0.39 is 14.9 Å². The van der Waals surface area contributed by atoms with Crippen LogP contribution in [0.5, 0.6) is 0 Å². The van der Waals surface area contributed by atoms with E-state index in [1.807, 2.05) is 30.3 Å². The van der Waals surface area contributed by atoms with Gasteiger partial charge in [-0.1, -0.05) is 24.3 Å². The molecule has 0 aliphatic heterocycles. The third kappa shape index (κ3) is 3.41. The standard InChI is InChI=1S/C18H18N4O4S/c1-12-16(22(23)24)10-7-11-17(12)27(25,26)20-18-13(2)19-21(14(18)3)15-8-5-4-6-9-15/h4-11,20H,1-3H3. The predicted octanol–water partition coefficient (Wildman–Crippen LogP) is 3.51. The van der Waals surface area contributed by atoms with E-state index >= 15 is 0 Å². The van der Waals surface area contributed by atoms with Crippen molar-refractivity contribution in [2.45, 2.75) is 25.7 Å². The molecule has 0 amide bonds. The van der Waals surface area contributed by atoms with Crippen LogP contribution in [0.1, 0.15) is 17.0 Å². The lowest BCUT2D eigenvalue weighted by atomic mass is 10.2. The van der Waals surface area contributed by atoms with Crippen molar-refractivity contribution in [3.8, 4) is 5.69 Å². The molecule has 9 heteroatoms. The van der Waals surface area contributed by atoms with Crippen LogP contribution in [0.15, 0.2) is 53.4 Å². The number of nitro benzene ring substituents is 1. The smallest absolute Gasteiger partial charge is 0.273 e. The minimum atomic E-state index is -4.02. The van der Waals surface area contributed by atoms with E-state index in [1.165, 1.54) is 25.1 Å². The zero-order chi connectivity index (χ0) is 19.8. The lowest BCUT2D eigenvalue weighted by molar-refractivity contribution is -0.385. The van der Waals surface area contributed by atoms with Gasteiger partial charge in [-0.05, 0) is 39.0 Å². The SMILES string of the molecule is Cc1nn(-c2ccccc2)c(C)c1NS(=O)(=O)c1cccc([N+](=O)[O-])c1C. The van der Waals surface area contributed by atoms with Gasteiger partial charge in [0, 0.05) is 11.6 Å². The molecule has 0 saturated heterocycles.